The Morgan fingerprint density at radius 3 is 2.12 bits per heavy atom. The number of methoxy groups -OCH3 is 3. The number of amides is 1. The zero-order chi connectivity index (χ0) is 19.7. The summed E-state index contributed by atoms with van der Waals surface area (Å²) < 4.78 is 19.1. The molecule has 0 heterocycles. The number of carbonyl (C=O) groups is 3. The van der Waals surface area contributed by atoms with Gasteiger partial charge in [-0.1, -0.05) is 22.6 Å². The van der Waals surface area contributed by atoms with Crippen LogP contribution in [-0.4, -0.2) is 63.7 Å². The Bertz CT molecular complexity index is 469. The van der Waals surface area contributed by atoms with Crippen LogP contribution in [0.5, 0.6) is 0 Å². The molecule has 8 nitrogen and oxygen atoms in total. The first kappa shape index (κ1) is 24.1. The highest BCUT2D eigenvalue weighted by Crippen LogP contribution is 2.29. The van der Waals surface area contributed by atoms with E-state index < -0.39 is 29.8 Å². The third-order valence-electron chi connectivity index (χ3n) is 3.31. The normalized spacial score (nSPS) is 14.8. The Kier molecular flexibility index (Phi) is 10.6. The topological polar surface area (TPSA) is 100 Å². The summed E-state index contributed by atoms with van der Waals surface area (Å²) in [4.78, 5) is 35.3. The van der Waals surface area contributed by atoms with Crippen molar-refractivity contribution in [3.8, 4) is 0 Å². The number of esters is 2. The van der Waals surface area contributed by atoms with Gasteiger partial charge in [-0.2, -0.15) is 0 Å². The number of alkyl halides is 1. The molecule has 146 valence electrons. The standard InChI is InChI=1S/C15H28INO7Si/c1-21-12(18)11(17-14(20)23-3)8-7-9-15(16,13(19)22-2)10-24-25(4,5)6/h11H,7-10H2,1-6H3,(H,17,20). The van der Waals surface area contributed by atoms with Crippen LogP contribution in [0.15, 0.2) is 0 Å². The van der Waals surface area contributed by atoms with Gasteiger partial charge in [0.05, 0.1) is 27.9 Å². The van der Waals surface area contributed by atoms with E-state index in [1.54, 1.807) is 0 Å². The van der Waals surface area contributed by atoms with E-state index in [9.17, 15) is 14.4 Å². The summed E-state index contributed by atoms with van der Waals surface area (Å²) in [5.74, 6) is -0.942. The van der Waals surface area contributed by atoms with Gasteiger partial charge >= 0.3 is 18.0 Å². The molecule has 0 saturated heterocycles. The highest BCUT2D eigenvalue weighted by atomic mass is 127. The van der Waals surface area contributed by atoms with E-state index in [1.165, 1.54) is 21.3 Å². The summed E-state index contributed by atoms with van der Waals surface area (Å²) in [5.41, 5.74) is 0. The van der Waals surface area contributed by atoms with Crippen LogP contribution >= 0.6 is 22.6 Å². The van der Waals surface area contributed by atoms with Gasteiger partial charge in [-0.15, -0.1) is 0 Å². The van der Waals surface area contributed by atoms with Crippen molar-refractivity contribution in [2.45, 2.75) is 48.4 Å². The molecule has 1 amide bonds. The molecule has 0 aromatic carbocycles. The summed E-state index contributed by atoms with van der Waals surface area (Å²) >= 11 is 2.04. The second-order valence-corrected chi connectivity index (χ2v) is 13.0. The molecule has 0 aromatic rings. The summed E-state index contributed by atoms with van der Waals surface area (Å²) in [7, 11) is 1.99. The molecule has 0 aromatic heterocycles. The van der Waals surface area contributed by atoms with Gasteiger partial charge in [-0.05, 0) is 38.9 Å². The fourth-order valence-electron chi connectivity index (χ4n) is 1.93. The molecule has 0 aliphatic carbocycles. The van der Waals surface area contributed by atoms with Crippen molar-refractivity contribution in [2.24, 2.45) is 0 Å². The first-order chi connectivity index (χ1) is 11.5. The van der Waals surface area contributed by atoms with Crippen LogP contribution in [0, 0.1) is 0 Å². The summed E-state index contributed by atoms with van der Waals surface area (Å²) in [6.45, 7) is 6.35. The van der Waals surface area contributed by atoms with Crippen LogP contribution in [0.2, 0.25) is 19.6 Å². The molecule has 0 bridgehead atoms. The van der Waals surface area contributed by atoms with E-state index >= 15 is 0 Å². The highest BCUT2D eigenvalue weighted by molar-refractivity contribution is 14.1. The average Bonchev–Trinajstić information content (AvgIpc) is 2.56. The van der Waals surface area contributed by atoms with Crippen LogP contribution in [0.4, 0.5) is 4.79 Å². The molecule has 0 rings (SSSR count). The van der Waals surface area contributed by atoms with Crippen molar-refractivity contribution >= 4 is 48.9 Å². The fraction of sp³-hybridized carbons (Fsp3) is 0.800. The van der Waals surface area contributed by atoms with Gasteiger partial charge in [0.2, 0.25) is 0 Å². The average molecular weight is 489 g/mol. The second-order valence-electron chi connectivity index (χ2n) is 6.46. The smallest absolute Gasteiger partial charge is 0.407 e. The van der Waals surface area contributed by atoms with Crippen LogP contribution in [0.3, 0.4) is 0 Å². The summed E-state index contributed by atoms with van der Waals surface area (Å²) in [6, 6.07) is -0.839. The van der Waals surface area contributed by atoms with Crippen LogP contribution in [0.25, 0.3) is 0 Å². The van der Waals surface area contributed by atoms with E-state index in [0.717, 1.165) is 0 Å². The molecule has 10 heteroatoms. The maximum absolute atomic E-state index is 12.2. The maximum Gasteiger partial charge on any atom is 0.407 e. The molecule has 0 fully saturated rings. The fourth-order valence-corrected chi connectivity index (χ4v) is 3.66. The third kappa shape index (κ3) is 9.40. The first-order valence-electron chi connectivity index (χ1n) is 7.82. The molecule has 2 atom stereocenters. The van der Waals surface area contributed by atoms with Gasteiger partial charge in [-0.3, -0.25) is 4.79 Å². The van der Waals surface area contributed by atoms with Crippen molar-refractivity contribution in [2.75, 3.05) is 27.9 Å². The molecule has 0 aliphatic heterocycles. The molecule has 25 heavy (non-hydrogen) atoms. The lowest BCUT2D eigenvalue weighted by Crippen LogP contribution is -2.44. The van der Waals surface area contributed by atoms with E-state index in [4.69, 9.17) is 9.16 Å². The lowest BCUT2D eigenvalue weighted by molar-refractivity contribution is -0.144. The zero-order valence-electron chi connectivity index (χ0n) is 15.6. The number of hydrogen-bond acceptors (Lipinski definition) is 7. The molecular weight excluding hydrogens is 461 g/mol. The monoisotopic (exact) mass is 489 g/mol. The largest absolute Gasteiger partial charge is 0.468 e. The van der Waals surface area contributed by atoms with Crippen LogP contribution < -0.4 is 5.32 Å². The lowest BCUT2D eigenvalue weighted by Gasteiger charge is -2.29. The van der Waals surface area contributed by atoms with Gasteiger partial charge in [0.25, 0.3) is 0 Å². The summed E-state index contributed by atoms with van der Waals surface area (Å²) in [6.07, 6.45) is 0.500. The molecule has 0 spiro atoms. The van der Waals surface area contributed by atoms with Gasteiger partial charge in [0, 0.05) is 0 Å². The highest BCUT2D eigenvalue weighted by Gasteiger charge is 2.38. The van der Waals surface area contributed by atoms with Crippen LogP contribution in [0.1, 0.15) is 19.3 Å². The van der Waals surface area contributed by atoms with Gasteiger partial charge in [0.15, 0.2) is 8.32 Å². The molecular formula is C15H28INO7Si. The number of halogens is 1. The van der Waals surface area contributed by atoms with E-state index in [-0.39, 0.29) is 12.6 Å². The van der Waals surface area contributed by atoms with E-state index in [0.29, 0.717) is 19.3 Å². The molecule has 0 aliphatic rings. The second kappa shape index (κ2) is 11.0. The summed E-state index contributed by atoms with van der Waals surface area (Å²) in [5, 5.41) is 2.42. The quantitative estimate of drug-likeness (QED) is 0.165. The lowest BCUT2D eigenvalue weighted by atomic mass is 10.0. The van der Waals surface area contributed by atoms with Crippen molar-refractivity contribution in [3.63, 3.8) is 0 Å². The van der Waals surface area contributed by atoms with Gasteiger partial charge in [-0.25, -0.2) is 9.59 Å². The molecule has 2 unspecified atom stereocenters. The minimum Gasteiger partial charge on any atom is -0.468 e. The Morgan fingerprint density at radius 2 is 1.68 bits per heavy atom. The van der Waals surface area contributed by atoms with Gasteiger partial charge < -0.3 is 24.0 Å². The molecule has 1 N–H and O–H groups in total. The number of ether oxygens (including phenoxy) is 3. The number of alkyl carbamates (subject to hydrolysis) is 1. The zero-order valence-corrected chi connectivity index (χ0v) is 18.8. The van der Waals surface area contributed by atoms with Crippen molar-refractivity contribution in [1.29, 1.82) is 0 Å². The van der Waals surface area contributed by atoms with Crippen molar-refractivity contribution in [1.82, 2.24) is 5.32 Å². The maximum atomic E-state index is 12.2. The Labute approximate surface area is 163 Å². The first-order valence-corrected chi connectivity index (χ1v) is 12.3. The number of carbonyl (C=O) groups excluding carboxylic acids is 3. The SMILES string of the molecule is COC(=O)NC(CCCC(I)(CO[Si](C)(C)C)C(=O)OC)C(=O)OC. The molecule has 0 radical (unpaired) electrons. The number of hydrogen-bond donors (Lipinski definition) is 1. The number of rotatable bonds is 10. The third-order valence-corrected chi connectivity index (χ3v) is 5.62. The van der Waals surface area contributed by atoms with Crippen molar-refractivity contribution in [3.05, 3.63) is 0 Å². The van der Waals surface area contributed by atoms with E-state index in [2.05, 4.69) is 14.8 Å². The minimum atomic E-state index is -1.80. The van der Waals surface area contributed by atoms with Crippen molar-refractivity contribution < 1.29 is 33.0 Å². The Morgan fingerprint density at radius 1 is 1.08 bits per heavy atom. The molecule has 0 saturated carbocycles. The minimum absolute atomic E-state index is 0.239. The Balaban J connectivity index is 4.87. The number of nitrogens with one attached hydrogen (secondary N) is 1. The predicted molar refractivity (Wildman–Crippen MR) is 103 cm³/mol. The van der Waals surface area contributed by atoms with Crippen LogP contribution in [-0.2, 0) is 28.2 Å². The predicted octanol–water partition coefficient (Wildman–Crippen LogP) is 2.25. The Hall–Kier alpha value is -0.883. The van der Waals surface area contributed by atoms with Gasteiger partial charge in [0.1, 0.15) is 9.46 Å². The van der Waals surface area contributed by atoms with E-state index in [1.807, 2.05) is 42.2 Å².